The van der Waals surface area contributed by atoms with Gasteiger partial charge in [0.2, 0.25) is 0 Å². The average Bonchev–Trinajstić information content (AvgIpc) is 1.90. The molecule has 1 aromatic carbocycles. The summed E-state index contributed by atoms with van der Waals surface area (Å²) in [6.45, 7) is 0. The van der Waals surface area contributed by atoms with Crippen molar-refractivity contribution in [3.8, 4) is 0 Å². The van der Waals surface area contributed by atoms with E-state index in [1.165, 1.54) is 0 Å². The summed E-state index contributed by atoms with van der Waals surface area (Å²) < 4.78 is 0.121. The van der Waals surface area contributed by atoms with Gasteiger partial charge in [0.15, 0.2) is 0 Å². The minimum absolute atomic E-state index is 0.121. The zero-order chi connectivity index (χ0) is 6.69. The molecule has 0 amide bonds. The van der Waals surface area contributed by atoms with Crippen molar-refractivity contribution in [2.75, 3.05) is 0 Å². The van der Waals surface area contributed by atoms with Crippen LogP contribution in [0.4, 0.5) is 0 Å². The van der Waals surface area contributed by atoms with Gasteiger partial charge in [-0.3, -0.25) is 0 Å². The zero-order valence-electron chi connectivity index (χ0n) is 5.29. The van der Waals surface area contributed by atoms with Crippen molar-refractivity contribution in [3.63, 3.8) is 0 Å². The van der Waals surface area contributed by atoms with E-state index in [1.54, 1.807) is 17.7 Å². The van der Waals surface area contributed by atoms with Crippen LogP contribution in [0.25, 0.3) is 0 Å². The second-order valence-corrected chi connectivity index (χ2v) is 1.92. The number of benzene rings is 1. The summed E-state index contributed by atoms with van der Waals surface area (Å²) in [5.74, 6) is 0. The molecule has 0 radical (unpaired) electrons. The van der Waals surface area contributed by atoms with Gasteiger partial charge in [-0.1, -0.05) is 0 Å². The fourth-order valence-electron chi connectivity index (χ4n) is 0.673. The Kier molecular flexibility index (Phi) is 2.10. The van der Waals surface area contributed by atoms with E-state index in [0.29, 0.717) is 0 Å². The minimum atomic E-state index is 0.121. The van der Waals surface area contributed by atoms with E-state index >= 15 is 0 Å². The molecule has 1 rings (SSSR count). The average molecular weight is 112 g/mol. The SMILES string of the molecule is [Li][C](=O)c1ccccc1. The summed E-state index contributed by atoms with van der Waals surface area (Å²) in [4.78, 5) is 10.6. The first-order valence-electron chi connectivity index (χ1n) is 2.86. The van der Waals surface area contributed by atoms with Gasteiger partial charge in [-0.15, -0.1) is 0 Å². The normalized spacial score (nSPS) is 9.11. The van der Waals surface area contributed by atoms with E-state index in [0.717, 1.165) is 5.56 Å². The molecule has 0 atom stereocenters. The van der Waals surface area contributed by atoms with Crippen molar-refractivity contribution in [1.82, 2.24) is 0 Å². The predicted octanol–water partition coefficient (Wildman–Crippen LogP) is 0.995. The van der Waals surface area contributed by atoms with Crippen LogP contribution in [0.15, 0.2) is 30.3 Å². The second-order valence-electron chi connectivity index (χ2n) is 1.92. The van der Waals surface area contributed by atoms with Crippen LogP contribution in [0.5, 0.6) is 0 Å². The molecule has 0 spiro atoms. The maximum absolute atomic E-state index is 10.6. The van der Waals surface area contributed by atoms with Gasteiger partial charge in [-0.25, -0.2) is 0 Å². The van der Waals surface area contributed by atoms with Crippen molar-refractivity contribution < 1.29 is 4.79 Å². The summed E-state index contributed by atoms with van der Waals surface area (Å²) in [6.07, 6.45) is 0. The van der Waals surface area contributed by atoms with Crippen LogP contribution < -0.4 is 0 Å². The first-order chi connectivity index (χ1) is 4.30. The Bertz CT molecular complexity index is 205. The van der Waals surface area contributed by atoms with Crippen LogP contribution in [0, 0.1) is 0 Å². The van der Waals surface area contributed by atoms with Crippen LogP contribution in [0.2, 0.25) is 0 Å². The molecule has 0 aliphatic rings. The summed E-state index contributed by atoms with van der Waals surface area (Å²) in [7, 11) is 0. The van der Waals surface area contributed by atoms with Gasteiger partial charge in [-0.05, 0) is 0 Å². The van der Waals surface area contributed by atoms with Crippen LogP contribution in [-0.4, -0.2) is 22.2 Å². The van der Waals surface area contributed by atoms with E-state index in [2.05, 4.69) is 0 Å². The van der Waals surface area contributed by atoms with Gasteiger partial charge in [-0.2, -0.15) is 0 Å². The Balaban J connectivity index is 2.98. The van der Waals surface area contributed by atoms with Crippen molar-refractivity contribution >= 4 is 22.2 Å². The molecule has 40 valence electrons. The van der Waals surface area contributed by atoms with E-state index in [1.807, 2.05) is 30.3 Å². The summed E-state index contributed by atoms with van der Waals surface area (Å²) >= 11 is 1.56. The van der Waals surface area contributed by atoms with Crippen LogP contribution in [-0.2, 0) is 0 Å². The monoisotopic (exact) mass is 112 g/mol. The molecule has 1 aromatic rings. The van der Waals surface area contributed by atoms with Crippen LogP contribution in [0.1, 0.15) is 10.4 Å². The van der Waals surface area contributed by atoms with E-state index in [9.17, 15) is 4.79 Å². The first-order valence-corrected chi connectivity index (χ1v) is 2.86. The summed E-state index contributed by atoms with van der Waals surface area (Å²) in [5, 5.41) is 0. The van der Waals surface area contributed by atoms with Crippen LogP contribution in [0.3, 0.4) is 0 Å². The molecule has 0 unspecified atom stereocenters. The van der Waals surface area contributed by atoms with Gasteiger partial charge in [0.25, 0.3) is 0 Å². The molecular formula is C7H5LiO. The molecule has 0 fully saturated rings. The second kappa shape index (κ2) is 2.87. The maximum atomic E-state index is 10.6. The molecule has 9 heavy (non-hydrogen) atoms. The first kappa shape index (κ1) is 6.61. The molecule has 1 nitrogen and oxygen atoms in total. The van der Waals surface area contributed by atoms with Gasteiger partial charge in [0.05, 0.1) is 0 Å². The van der Waals surface area contributed by atoms with Gasteiger partial charge in [0, 0.05) is 0 Å². The molecule has 0 aliphatic carbocycles. The summed E-state index contributed by atoms with van der Waals surface area (Å²) in [5.41, 5.74) is 0.775. The standard InChI is InChI=1S/C7H5O.Li/c8-6-7-4-2-1-3-5-7;/h1-5H;. The van der Waals surface area contributed by atoms with Crippen molar-refractivity contribution in [2.45, 2.75) is 0 Å². The quantitative estimate of drug-likeness (QED) is 0.495. The third-order valence-corrected chi connectivity index (χ3v) is 1.18. The fourth-order valence-corrected chi connectivity index (χ4v) is 0.673. The number of hydrogen-bond donors (Lipinski definition) is 0. The number of carbonyl (C=O) groups excluding carboxylic acids is 1. The number of carbonyl (C=O) groups is 1. The van der Waals surface area contributed by atoms with E-state index in [-0.39, 0.29) is 4.46 Å². The van der Waals surface area contributed by atoms with Crippen LogP contribution >= 0.6 is 0 Å². The molecular weight excluding hydrogens is 107 g/mol. The Morgan fingerprint density at radius 3 is 2.11 bits per heavy atom. The molecule has 0 bridgehead atoms. The molecule has 0 heterocycles. The van der Waals surface area contributed by atoms with Crippen molar-refractivity contribution in [1.29, 1.82) is 0 Å². The van der Waals surface area contributed by atoms with Crippen molar-refractivity contribution in [3.05, 3.63) is 35.9 Å². The molecule has 0 saturated heterocycles. The van der Waals surface area contributed by atoms with Crippen molar-refractivity contribution in [2.24, 2.45) is 0 Å². The third kappa shape index (κ3) is 1.71. The summed E-state index contributed by atoms with van der Waals surface area (Å²) in [6, 6.07) is 9.23. The Morgan fingerprint density at radius 1 is 1.22 bits per heavy atom. The Labute approximate surface area is 63.3 Å². The van der Waals surface area contributed by atoms with Gasteiger partial charge < -0.3 is 0 Å². The predicted molar refractivity (Wildman–Crippen MR) is 36.5 cm³/mol. The fraction of sp³-hybridized carbons (Fsp3) is 0. The molecule has 2 heteroatoms. The molecule has 0 saturated carbocycles. The van der Waals surface area contributed by atoms with Gasteiger partial charge >= 0.3 is 62.9 Å². The topological polar surface area (TPSA) is 17.1 Å². The Hall–Kier alpha value is -0.513. The zero-order valence-corrected chi connectivity index (χ0v) is 5.29. The molecule has 0 aromatic heterocycles. The third-order valence-electron chi connectivity index (χ3n) is 1.18. The van der Waals surface area contributed by atoms with E-state index < -0.39 is 0 Å². The number of rotatable bonds is 1. The molecule has 0 aliphatic heterocycles. The Morgan fingerprint density at radius 2 is 1.78 bits per heavy atom. The van der Waals surface area contributed by atoms with E-state index in [4.69, 9.17) is 0 Å². The number of hydrogen-bond acceptors (Lipinski definition) is 1. The molecule has 0 N–H and O–H groups in total. The van der Waals surface area contributed by atoms with Gasteiger partial charge in [0.1, 0.15) is 0 Å².